The van der Waals surface area contributed by atoms with Gasteiger partial charge in [-0.2, -0.15) is 4.33 Å². The van der Waals surface area contributed by atoms with Gasteiger partial charge in [-0.3, -0.25) is 9.83 Å². The number of carbonyl (C=O) groups is 1. The number of hydrogen-bond acceptors (Lipinski definition) is 6. The van der Waals surface area contributed by atoms with E-state index < -0.39 is 4.75 Å². The monoisotopic (exact) mass is 328 g/mol. The first kappa shape index (κ1) is 21.7. The van der Waals surface area contributed by atoms with Crippen molar-refractivity contribution in [3.63, 3.8) is 0 Å². The molecule has 2 unspecified atom stereocenters. The number of esters is 1. The molecule has 118 valence electrons. The van der Waals surface area contributed by atoms with E-state index in [0.717, 1.165) is 50.6 Å². The van der Waals surface area contributed by atoms with E-state index in [2.05, 4.69) is 30.1 Å². The van der Waals surface area contributed by atoms with E-state index in [4.69, 9.17) is 4.74 Å². The fourth-order valence-corrected chi connectivity index (χ4v) is 4.34. The predicted octanol–water partition coefficient (Wildman–Crippen LogP) is -0.0655. The molecule has 1 saturated heterocycles. The van der Waals surface area contributed by atoms with Crippen LogP contribution in [0.4, 0.5) is 0 Å². The van der Waals surface area contributed by atoms with E-state index >= 15 is 0 Å². The third kappa shape index (κ3) is 5.09. The molecule has 1 heterocycles. The van der Waals surface area contributed by atoms with Gasteiger partial charge in [0.25, 0.3) is 0 Å². The first-order valence-electron chi connectivity index (χ1n) is 7.39. The number of hydrogen-bond donors (Lipinski definition) is 0. The summed E-state index contributed by atoms with van der Waals surface area (Å²) in [6.07, 6.45) is 5.98. The fraction of sp³-hybridized carbons (Fsp3) is 0.929. The topological polar surface area (TPSA) is 67.8 Å². The zero-order chi connectivity index (χ0) is 15.1. The summed E-state index contributed by atoms with van der Waals surface area (Å²) in [4.78, 5) is 11.8. The maximum absolute atomic E-state index is 11.8. The molecule has 0 N–H and O–H groups in total. The van der Waals surface area contributed by atoms with Gasteiger partial charge in [0, 0.05) is 17.5 Å². The summed E-state index contributed by atoms with van der Waals surface area (Å²) in [5, 5.41) is 13.8. The van der Waals surface area contributed by atoms with Gasteiger partial charge in [0.05, 0.1) is 17.8 Å². The van der Waals surface area contributed by atoms with Gasteiger partial charge in [0.2, 0.25) is 0 Å². The molecule has 7 heteroatoms. The van der Waals surface area contributed by atoms with Crippen molar-refractivity contribution in [2.24, 2.45) is 5.41 Å². The van der Waals surface area contributed by atoms with Crippen LogP contribution in [0.15, 0.2) is 0 Å². The third-order valence-corrected chi connectivity index (χ3v) is 5.69. The third-order valence-electron chi connectivity index (χ3n) is 4.47. The standard InChI is InChI=1S/C14H26O5S.Na/c1-4-7-9-13(6-3)11-17-12(15)10-14(13,8-5-2)20-19-18-16;/h16H,4-11H2,1-3H3;/q;+1/p-1. The molecule has 0 saturated carbocycles. The molecule has 1 aliphatic rings. The molecule has 0 aliphatic carbocycles. The van der Waals surface area contributed by atoms with E-state index in [0.29, 0.717) is 6.61 Å². The van der Waals surface area contributed by atoms with Gasteiger partial charge in [0.15, 0.2) is 0 Å². The molecule has 0 aromatic carbocycles. The number of unbranched alkanes of at least 4 members (excludes halogenated alkanes) is 1. The van der Waals surface area contributed by atoms with Crippen molar-refractivity contribution in [1.29, 1.82) is 0 Å². The fourth-order valence-electron chi connectivity index (χ4n) is 3.23. The van der Waals surface area contributed by atoms with Gasteiger partial charge in [-0.25, -0.2) is 0 Å². The number of ether oxygens (including phenoxy) is 1. The molecule has 5 nitrogen and oxygen atoms in total. The van der Waals surface area contributed by atoms with E-state index in [-0.39, 0.29) is 47.4 Å². The molecule has 0 radical (unpaired) electrons. The van der Waals surface area contributed by atoms with Crippen molar-refractivity contribution in [2.45, 2.75) is 70.5 Å². The van der Waals surface area contributed by atoms with E-state index in [1.165, 1.54) is 0 Å². The minimum absolute atomic E-state index is 0. The van der Waals surface area contributed by atoms with Gasteiger partial charge in [0.1, 0.15) is 0 Å². The molecular weight excluding hydrogens is 303 g/mol. The van der Waals surface area contributed by atoms with E-state index in [1.54, 1.807) is 0 Å². The van der Waals surface area contributed by atoms with Crippen LogP contribution in [0.3, 0.4) is 0 Å². The Morgan fingerprint density at radius 3 is 2.52 bits per heavy atom. The predicted molar refractivity (Wildman–Crippen MR) is 75.2 cm³/mol. The molecule has 0 aromatic heterocycles. The molecule has 2 atom stereocenters. The van der Waals surface area contributed by atoms with Crippen LogP contribution in [-0.2, 0) is 18.9 Å². The van der Waals surface area contributed by atoms with Crippen molar-refractivity contribution in [2.75, 3.05) is 6.61 Å². The second kappa shape index (κ2) is 10.5. The first-order chi connectivity index (χ1) is 9.59. The van der Waals surface area contributed by atoms with Gasteiger partial charge in [-0.05, 0) is 19.3 Å². The SMILES string of the molecule is CCCCC1(CC)COC(=O)CC1(CCC)SOO[O-].[Na+]. The summed E-state index contributed by atoms with van der Waals surface area (Å²) in [7, 11) is 0. The van der Waals surface area contributed by atoms with Crippen molar-refractivity contribution in [3.8, 4) is 0 Å². The number of carbonyl (C=O) groups excluding carboxylic acids is 1. The molecule has 1 fully saturated rings. The van der Waals surface area contributed by atoms with Crippen molar-refractivity contribution in [1.82, 2.24) is 0 Å². The average Bonchev–Trinajstić information content (AvgIpc) is 2.45. The second-order valence-electron chi connectivity index (χ2n) is 5.54. The Kier molecular flexibility index (Phi) is 10.8. The Bertz CT molecular complexity index is 318. The first-order valence-corrected chi connectivity index (χ1v) is 8.14. The zero-order valence-corrected chi connectivity index (χ0v) is 16.4. The van der Waals surface area contributed by atoms with Gasteiger partial charge >= 0.3 is 35.5 Å². The van der Waals surface area contributed by atoms with Crippen LogP contribution >= 0.6 is 12.0 Å². The van der Waals surface area contributed by atoms with Crippen molar-refractivity contribution in [3.05, 3.63) is 0 Å². The zero-order valence-electron chi connectivity index (χ0n) is 13.6. The van der Waals surface area contributed by atoms with E-state index in [9.17, 15) is 10.1 Å². The molecule has 0 amide bonds. The molecule has 0 aromatic rings. The maximum atomic E-state index is 11.8. The second-order valence-corrected chi connectivity index (χ2v) is 6.62. The Labute approximate surface area is 153 Å². The number of rotatable bonds is 9. The molecule has 0 bridgehead atoms. The molecule has 1 aliphatic heterocycles. The molecular formula is C14H25NaO5S. The molecule has 1 rings (SSSR count). The summed E-state index contributed by atoms with van der Waals surface area (Å²) in [6, 6.07) is 0. The van der Waals surface area contributed by atoms with Gasteiger partial charge < -0.3 is 9.99 Å². The van der Waals surface area contributed by atoms with Crippen LogP contribution in [0, 0.1) is 5.41 Å². The average molecular weight is 328 g/mol. The summed E-state index contributed by atoms with van der Waals surface area (Å²) in [5.74, 6) is -0.221. The smallest absolute Gasteiger partial charge is 0.691 e. The van der Waals surface area contributed by atoms with Crippen LogP contribution in [0.2, 0.25) is 0 Å². The van der Waals surface area contributed by atoms with Crippen LogP contribution in [0.5, 0.6) is 0 Å². The van der Waals surface area contributed by atoms with Crippen molar-refractivity contribution < 1.29 is 53.7 Å². The Morgan fingerprint density at radius 2 is 2.00 bits per heavy atom. The Hall–Kier alpha value is 0.700. The van der Waals surface area contributed by atoms with Gasteiger partial charge in [-0.1, -0.05) is 40.0 Å². The summed E-state index contributed by atoms with van der Waals surface area (Å²) >= 11 is 1.02. The van der Waals surface area contributed by atoms with Crippen LogP contribution < -0.4 is 34.8 Å². The summed E-state index contributed by atoms with van der Waals surface area (Å²) in [6.45, 7) is 6.72. The van der Waals surface area contributed by atoms with Gasteiger partial charge in [-0.15, -0.1) is 0 Å². The maximum Gasteiger partial charge on any atom is 1.00 e. The summed E-state index contributed by atoms with van der Waals surface area (Å²) in [5.41, 5.74) is -0.157. The normalized spacial score (nSPS) is 28.9. The van der Waals surface area contributed by atoms with Crippen LogP contribution in [0.1, 0.15) is 65.7 Å². The van der Waals surface area contributed by atoms with Crippen LogP contribution in [-0.4, -0.2) is 17.3 Å². The van der Waals surface area contributed by atoms with Crippen molar-refractivity contribution >= 4 is 18.0 Å². The molecule has 21 heavy (non-hydrogen) atoms. The Morgan fingerprint density at radius 1 is 1.29 bits per heavy atom. The molecule has 0 spiro atoms. The minimum Gasteiger partial charge on any atom is -0.691 e. The number of cyclic esters (lactones) is 1. The van der Waals surface area contributed by atoms with E-state index in [1.807, 2.05) is 0 Å². The minimum atomic E-state index is -0.439. The quantitative estimate of drug-likeness (QED) is 0.194. The largest absolute Gasteiger partial charge is 1.00 e. The summed E-state index contributed by atoms with van der Waals surface area (Å²) < 4.78 is 9.57. The van der Waals surface area contributed by atoms with Crippen LogP contribution in [0.25, 0.3) is 0 Å². The Balaban J connectivity index is 0.00000400.